The molecule has 0 aliphatic heterocycles. The highest BCUT2D eigenvalue weighted by atomic mass is 16.4. The minimum atomic E-state index is -1.13. The molecule has 0 amide bonds. The Labute approximate surface area is 151 Å². The van der Waals surface area contributed by atoms with E-state index in [1.165, 1.54) is 44.6 Å². The maximum Gasteiger partial charge on any atom is 0.328 e. The van der Waals surface area contributed by atoms with E-state index in [9.17, 15) is 9.59 Å². The smallest absolute Gasteiger partial charge is 0.328 e. The molecule has 0 aliphatic carbocycles. The molecule has 3 nitrogen and oxygen atoms in total. The Kier molecular flexibility index (Phi) is 16.2. The average Bonchev–Trinajstić information content (AvgIpc) is 2.59. The van der Waals surface area contributed by atoms with E-state index in [1.54, 1.807) is 18.2 Å². The van der Waals surface area contributed by atoms with Crippen molar-refractivity contribution in [1.29, 1.82) is 0 Å². The number of carboxylic acid groups (broad SMARTS) is 1. The van der Waals surface area contributed by atoms with Crippen molar-refractivity contribution >= 4 is 11.8 Å². The lowest BCUT2D eigenvalue weighted by molar-refractivity contribution is -0.131. The fourth-order valence-electron chi connectivity index (χ4n) is 1.96. The third-order valence-corrected chi connectivity index (χ3v) is 3.29. The van der Waals surface area contributed by atoms with Crippen LogP contribution in [0, 0.1) is 0 Å². The van der Waals surface area contributed by atoms with Gasteiger partial charge in [0, 0.05) is 6.08 Å². The van der Waals surface area contributed by atoms with Crippen molar-refractivity contribution in [2.24, 2.45) is 0 Å². The highest BCUT2D eigenvalue weighted by Gasteiger charge is 1.89. The number of hydrogen-bond acceptors (Lipinski definition) is 2. The molecule has 0 atom stereocenters. The summed E-state index contributed by atoms with van der Waals surface area (Å²) < 4.78 is 0. The van der Waals surface area contributed by atoms with E-state index in [4.69, 9.17) is 5.11 Å². The molecule has 0 aromatic carbocycles. The zero-order chi connectivity index (χ0) is 18.6. The molecular weight excluding hydrogens is 312 g/mol. The summed E-state index contributed by atoms with van der Waals surface area (Å²) in [5.74, 6) is -1.49. The topological polar surface area (TPSA) is 54.4 Å². The first-order valence-corrected chi connectivity index (χ1v) is 8.95. The number of unbranched alkanes of at least 4 members (excludes halogenated alkanes) is 6. The molecule has 0 aliphatic rings. The first kappa shape index (κ1) is 22.6. The molecule has 0 saturated heterocycles. The van der Waals surface area contributed by atoms with Gasteiger partial charge in [0.25, 0.3) is 0 Å². The molecule has 0 aromatic heterocycles. The molecule has 0 bridgehead atoms. The van der Waals surface area contributed by atoms with Gasteiger partial charge in [-0.2, -0.15) is 0 Å². The molecule has 25 heavy (non-hydrogen) atoms. The number of carboxylic acids is 1. The molecule has 1 N–H and O–H groups in total. The number of rotatable bonds is 14. The SMILES string of the molecule is CCCCCCCCC=CC=CC=CC=CC=CC(=O)C=CC(=O)O. The number of hydrogen-bond donors (Lipinski definition) is 1. The van der Waals surface area contributed by atoms with Crippen molar-refractivity contribution in [3.05, 3.63) is 72.9 Å². The van der Waals surface area contributed by atoms with E-state index in [1.807, 2.05) is 24.3 Å². The zero-order valence-corrected chi connectivity index (χ0v) is 15.1. The number of aliphatic carboxylic acids is 1. The van der Waals surface area contributed by atoms with Crippen LogP contribution in [0.3, 0.4) is 0 Å². The van der Waals surface area contributed by atoms with Crippen molar-refractivity contribution in [1.82, 2.24) is 0 Å². The van der Waals surface area contributed by atoms with Crippen molar-refractivity contribution < 1.29 is 14.7 Å². The second-order valence-electron chi connectivity index (χ2n) is 5.57. The summed E-state index contributed by atoms with van der Waals surface area (Å²) in [7, 11) is 0. The largest absolute Gasteiger partial charge is 0.478 e. The Morgan fingerprint density at radius 3 is 1.88 bits per heavy atom. The minimum absolute atomic E-state index is 0.355. The van der Waals surface area contributed by atoms with E-state index in [-0.39, 0.29) is 5.78 Å². The van der Waals surface area contributed by atoms with Crippen molar-refractivity contribution in [2.75, 3.05) is 0 Å². The normalized spacial score (nSPS) is 12.8. The molecule has 0 aromatic rings. The maximum absolute atomic E-state index is 11.2. The van der Waals surface area contributed by atoms with Crippen LogP contribution >= 0.6 is 0 Å². The quantitative estimate of drug-likeness (QED) is 0.249. The van der Waals surface area contributed by atoms with E-state index in [0.717, 1.165) is 18.6 Å². The minimum Gasteiger partial charge on any atom is -0.478 e. The van der Waals surface area contributed by atoms with Gasteiger partial charge in [-0.05, 0) is 25.0 Å². The van der Waals surface area contributed by atoms with Crippen molar-refractivity contribution in [2.45, 2.75) is 51.9 Å². The van der Waals surface area contributed by atoms with Gasteiger partial charge in [0.2, 0.25) is 0 Å². The lowest BCUT2D eigenvalue weighted by Gasteiger charge is -1.97. The van der Waals surface area contributed by atoms with E-state index < -0.39 is 5.97 Å². The summed E-state index contributed by atoms with van der Waals surface area (Å²) in [6, 6.07) is 0. The van der Waals surface area contributed by atoms with Crippen molar-refractivity contribution in [3.8, 4) is 0 Å². The summed E-state index contributed by atoms with van der Waals surface area (Å²) in [6.07, 6.45) is 29.3. The van der Waals surface area contributed by atoms with E-state index >= 15 is 0 Å². The third kappa shape index (κ3) is 19.5. The average molecular weight is 342 g/mol. The van der Waals surface area contributed by atoms with Crippen LogP contribution in [0.25, 0.3) is 0 Å². The Hall–Kier alpha value is -2.42. The molecule has 136 valence electrons. The van der Waals surface area contributed by atoms with Crippen LogP contribution in [0.15, 0.2) is 72.9 Å². The summed E-state index contributed by atoms with van der Waals surface area (Å²) in [6.45, 7) is 2.24. The Balaban J connectivity index is 3.75. The van der Waals surface area contributed by atoms with Crippen LogP contribution in [-0.2, 0) is 9.59 Å². The van der Waals surface area contributed by atoms with Crippen molar-refractivity contribution in [3.63, 3.8) is 0 Å². The third-order valence-electron chi connectivity index (χ3n) is 3.29. The Morgan fingerprint density at radius 2 is 1.24 bits per heavy atom. The van der Waals surface area contributed by atoms with Crippen LogP contribution in [0.1, 0.15) is 51.9 Å². The zero-order valence-electron chi connectivity index (χ0n) is 15.1. The number of ketones is 1. The van der Waals surface area contributed by atoms with Gasteiger partial charge < -0.3 is 5.11 Å². The maximum atomic E-state index is 11.2. The molecule has 0 radical (unpaired) electrons. The van der Waals surface area contributed by atoms with Gasteiger partial charge in [0.1, 0.15) is 0 Å². The molecule has 0 saturated carbocycles. The molecular formula is C22H30O3. The van der Waals surface area contributed by atoms with Crippen LogP contribution in [0.2, 0.25) is 0 Å². The van der Waals surface area contributed by atoms with Gasteiger partial charge in [0.05, 0.1) is 0 Å². The summed E-state index contributed by atoms with van der Waals surface area (Å²) in [5.41, 5.74) is 0. The van der Waals surface area contributed by atoms with Crippen LogP contribution < -0.4 is 0 Å². The fraction of sp³-hybridized carbons (Fsp3) is 0.364. The lowest BCUT2D eigenvalue weighted by atomic mass is 10.1. The molecule has 0 spiro atoms. The predicted molar refractivity (Wildman–Crippen MR) is 105 cm³/mol. The van der Waals surface area contributed by atoms with Crippen LogP contribution in [-0.4, -0.2) is 16.9 Å². The summed E-state index contributed by atoms with van der Waals surface area (Å²) >= 11 is 0. The Morgan fingerprint density at radius 1 is 0.680 bits per heavy atom. The molecule has 0 unspecified atom stereocenters. The van der Waals surface area contributed by atoms with E-state index in [2.05, 4.69) is 19.1 Å². The van der Waals surface area contributed by atoms with Gasteiger partial charge in [0.15, 0.2) is 5.78 Å². The molecule has 0 heterocycles. The molecule has 0 rings (SSSR count). The molecule has 0 fully saturated rings. The van der Waals surface area contributed by atoms with Gasteiger partial charge in [-0.25, -0.2) is 4.79 Å². The van der Waals surface area contributed by atoms with Crippen LogP contribution in [0.4, 0.5) is 0 Å². The Bertz CT molecular complexity index is 531. The first-order chi connectivity index (χ1) is 12.2. The standard InChI is InChI=1S/C22H30O3/c1-2-3-4-5-6-7-8-9-10-11-12-13-14-15-16-17-18-21(23)19-20-22(24)25/h9-20H,2-8H2,1H3,(H,24,25). The number of carbonyl (C=O) groups is 2. The van der Waals surface area contributed by atoms with Gasteiger partial charge >= 0.3 is 5.97 Å². The highest BCUT2D eigenvalue weighted by molar-refractivity contribution is 6.02. The van der Waals surface area contributed by atoms with E-state index in [0.29, 0.717) is 0 Å². The van der Waals surface area contributed by atoms with Crippen LogP contribution in [0.5, 0.6) is 0 Å². The summed E-state index contributed by atoms with van der Waals surface area (Å²) in [5, 5.41) is 8.38. The molecule has 3 heteroatoms. The number of carbonyl (C=O) groups excluding carboxylic acids is 1. The van der Waals surface area contributed by atoms with Gasteiger partial charge in [-0.1, -0.05) is 93.7 Å². The summed E-state index contributed by atoms with van der Waals surface area (Å²) in [4.78, 5) is 21.4. The second-order valence-corrected chi connectivity index (χ2v) is 5.57. The first-order valence-electron chi connectivity index (χ1n) is 8.95. The predicted octanol–water partition coefficient (Wildman–Crippen LogP) is 5.73. The van der Waals surface area contributed by atoms with Gasteiger partial charge in [-0.3, -0.25) is 4.79 Å². The van der Waals surface area contributed by atoms with Gasteiger partial charge in [-0.15, -0.1) is 0 Å². The highest BCUT2D eigenvalue weighted by Crippen LogP contribution is 2.07. The second kappa shape index (κ2) is 17.9. The monoisotopic (exact) mass is 342 g/mol. The fourth-order valence-corrected chi connectivity index (χ4v) is 1.96. The lowest BCUT2D eigenvalue weighted by Crippen LogP contribution is -1.90. The number of allylic oxidation sites excluding steroid dienone is 11.